The summed E-state index contributed by atoms with van der Waals surface area (Å²) < 4.78 is 5.44. The zero-order valence-electron chi connectivity index (χ0n) is 17.3. The first-order valence-electron chi connectivity index (χ1n) is 10.8. The molecule has 2 aliphatic rings. The number of morpholine rings is 1. The molecule has 2 fully saturated rings. The van der Waals surface area contributed by atoms with E-state index in [1.54, 1.807) is 0 Å². The molecule has 2 aromatic rings. The molecule has 5 heteroatoms. The van der Waals surface area contributed by atoms with Gasteiger partial charge in [0.1, 0.15) is 0 Å². The standard InChI is InChI=1S/C24H31N3O2/c1-19-18-22(26-14-16-29-17-15-26)11-12-23(19)25-24(28)27-13-5-8-21(27)10-9-20-6-3-2-4-7-20/h2-4,6-7,11-12,18,21H,5,8-10,13-17H2,1H3,(H,25,28). The molecule has 2 amide bonds. The minimum Gasteiger partial charge on any atom is -0.378 e. The van der Waals surface area contributed by atoms with E-state index in [1.807, 2.05) is 17.0 Å². The molecule has 0 radical (unpaired) electrons. The minimum atomic E-state index is 0.0304. The van der Waals surface area contributed by atoms with E-state index in [4.69, 9.17) is 4.74 Å². The summed E-state index contributed by atoms with van der Waals surface area (Å²) in [6, 6.07) is 17.2. The van der Waals surface area contributed by atoms with Gasteiger partial charge in [0.15, 0.2) is 0 Å². The first kappa shape index (κ1) is 19.8. The molecule has 2 aliphatic heterocycles. The molecular weight excluding hydrogens is 362 g/mol. The fourth-order valence-corrected chi connectivity index (χ4v) is 4.37. The van der Waals surface area contributed by atoms with Gasteiger partial charge < -0.3 is 19.9 Å². The second-order valence-corrected chi connectivity index (χ2v) is 8.04. The predicted molar refractivity (Wildman–Crippen MR) is 118 cm³/mol. The highest BCUT2D eigenvalue weighted by molar-refractivity contribution is 5.90. The van der Waals surface area contributed by atoms with Gasteiger partial charge in [-0.15, -0.1) is 0 Å². The van der Waals surface area contributed by atoms with Gasteiger partial charge in [-0.3, -0.25) is 0 Å². The third-order valence-electron chi connectivity index (χ3n) is 6.07. The number of hydrogen-bond acceptors (Lipinski definition) is 3. The van der Waals surface area contributed by atoms with Gasteiger partial charge in [-0.25, -0.2) is 4.79 Å². The topological polar surface area (TPSA) is 44.8 Å². The number of carbonyl (C=O) groups excluding carboxylic acids is 1. The summed E-state index contributed by atoms with van der Waals surface area (Å²) in [5, 5.41) is 3.15. The number of urea groups is 1. The van der Waals surface area contributed by atoms with Gasteiger partial charge in [0.2, 0.25) is 0 Å². The average molecular weight is 394 g/mol. The van der Waals surface area contributed by atoms with Crippen molar-refractivity contribution in [3.8, 4) is 0 Å². The van der Waals surface area contributed by atoms with E-state index in [-0.39, 0.29) is 6.03 Å². The lowest BCUT2D eigenvalue weighted by Gasteiger charge is -2.29. The van der Waals surface area contributed by atoms with Gasteiger partial charge in [-0.1, -0.05) is 30.3 Å². The number of carbonyl (C=O) groups is 1. The summed E-state index contributed by atoms with van der Waals surface area (Å²) >= 11 is 0. The van der Waals surface area contributed by atoms with Crippen LogP contribution in [0, 0.1) is 6.92 Å². The van der Waals surface area contributed by atoms with Gasteiger partial charge >= 0.3 is 6.03 Å². The van der Waals surface area contributed by atoms with Crippen molar-refractivity contribution in [2.24, 2.45) is 0 Å². The highest BCUT2D eigenvalue weighted by Crippen LogP contribution is 2.26. The van der Waals surface area contributed by atoms with Crippen molar-refractivity contribution < 1.29 is 9.53 Å². The quantitative estimate of drug-likeness (QED) is 0.816. The summed E-state index contributed by atoms with van der Waals surface area (Å²) in [6.07, 6.45) is 4.21. The second kappa shape index (κ2) is 9.31. The number of amides is 2. The summed E-state index contributed by atoms with van der Waals surface area (Å²) in [7, 11) is 0. The average Bonchev–Trinajstić information content (AvgIpc) is 3.24. The summed E-state index contributed by atoms with van der Waals surface area (Å²) in [5.41, 5.74) is 4.54. The van der Waals surface area contributed by atoms with Gasteiger partial charge in [-0.2, -0.15) is 0 Å². The maximum absolute atomic E-state index is 13.0. The highest BCUT2D eigenvalue weighted by atomic mass is 16.5. The zero-order chi connectivity index (χ0) is 20.1. The first-order chi connectivity index (χ1) is 14.2. The second-order valence-electron chi connectivity index (χ2n) is 8.04. The molecule has 2 heterocycles. The smallest absolute Gasteiger partial charge is 0.322 e. The van der Waals surface area contributed by atoms with E-state index in [9.17, 15) is 4.79 Å². The lowest BCUT2D eigenvalue weighted by molar-refractivity contribution is 0.122. The number of likely N-dealkylation sites (tertiary alicyclic amines) is 1. The normalized spacial score (nSPS) is 19.4. The number of rotatable bonds is 5. The molecule has 4 rings (SSSR count). The van der Waals surface area contributed by atoms with E-state index in [1.165, 1.54) is 11.3 Å². The molecule has 0 saturated carbocycles. The van der Waals surface area contributed by atoms with Gasteiger partial charge in [-0.05, 0) is 61.9 Å². The number of nitrogens with zero attached hydrogens (tertiary/aromatic N) is 2. The Bertz CT molecular complexity index is 818. The van der Waals surface area contributed by atoms with E-state index >= 15 is 0 Å². The lowest BCUT2D eigenvalue weighted by atomic mass is 10.0. The van der Waals surface area contributed by atoms with E-state index < -0.39 is 0 Å². The summed E-state index contributed by atoms with van der Waals surface area (Å²) in [5.74, 6) is 0. The summed E-state index contributed by atoms with van der Waals surface area (Å²) in [4.78, 5) is 17.3. The number of anilines is 2. The molecule has 0 aromatic heterocycles. The number of aryl methyl sites for hydroxylation is 2. The lowest BCUT2D eigenvalue weighted by Crippen LogP contribution is -2.39. The zero-order valence-corrected chi connectivity index (χ0v) is 17.3. The third-order valence-corrected chi connectivity index (χ3v) is 6.07. The summed E-state index contributed by atoms with van der Waals surface area (Å²) in [6.45, 7) is 6.30. The molecule has 0 spiro atoms. The van der Waals surface area contributed by atoms with Crippen LogP contribution < -0.4 is 10.2 Å². The van der Waals surface area contributed by atoms with Crippen molar-refractivity contribution >= 4 is 17.4 Å². The van der Waals surface area contributed by atoms with Crippen LogP contribution in [0.5, 0.6) is 0 Å². The Morgan fingerprint density at radius 1 is 1.10 bits per heavy atom. The number of benzene rings is 2. The van der Waals surface area contributed by atoms with Crippen LogP contribution in [0.4, 0.5) is 16.2 Å². The van der Waals surface area contributed by atoms with Crippen LogP contribution in [0.15, 0.2) is 48.5 Å². The highest BCUT2D eigenvalue weighted by Gasteiger charge is 2.28. The first-order valence-corrected chi connectivity index (χ1v) is 10.8. The minimum absolute atomic E-state index is 0.0304. The van der Waals surface area contributed by atoms with Gasteiger partial charge in [0.05, 0.1) is 13.2 Å². The molecule has 29 heavy (non-hydrogen) atoms. The Morgan fingerprint density at radius 3 is 2.66 bits per heavy atom. The van der Waals surface area contributed by atoms with Crippen molar-refractivity contribution in [2.75, 3.05) is 43.1 Å². The van der Waals surface area contributed by atoms with Crippen molar-refractivity contribution in [1.29, 1.82) is 0 Å². The Balaban J connectivity index is 1.36. The SMILES string of the molecule is Cc1cc(N2CCOCC2)ccc1NC(=O)N1CCCC1CCc1ccccc1. The van der Waals surface area contributed by atoms with E-state index in [0.717, 1.165) is 69.8 Å². The molecule has 1 atom stereocenters. The molecule has 0 aliphatic carbocycles. The molecule has 5 nitrogen and oxygen atoms in total. The van der Waals surface area contributed by atoms with E-state index in [2.05, 4.69) is 53.5 Å². The van der Waals surface area contributed by atoms with Crippen molar-refractivity contribution in [3.63, 3.8) is 0 Å². The number of nitrogens with one attached hydrogen (secondary N) is 1. The van der Waals surface area contributed by atoms with Crippen LogP contribution in [0.25, 0.3) is 0 Å². The molecule has 1 unspecified atom stereocenters. The Morgan fingerprint density at radius 2 is 1.90 bits per heavy atom. The van der Waals surface area contributed by atoms with Crippen molar-refractivity contribution in [2.45, 2.75) is 38.6 Å². The van der Waals surface area contributed by atoms with Gasteiger partial charge in [0, 0.05) is 37.1 Å². The Hall–Kier alpha value is -2.53. The number of ether oxygens (including phenoxy) is 1. The third kappa shape index (κ3) is 4.91. The predicted octanol–water partition coefficient (Wildman–Crippen LogP) is 4.46. The number of hydrogen-bond donors (Lipinski definition) is 1. The maximum Gasteiger partial charge on any atom is 0.322 e. The molecular formula is C24H31N3O2. The largest absolute Gasteiger partial charge is 0.378 e. The Kier molecular flexibility index (Phi) is 6.35. The maximum atomic E-state index is 13.0. The van der Waals surface area contributed by atoms with Crippen LogP contribution >= 0.6 is 0 Å². The molecule has 2 aromatic carbocycles. The van der Waals surface area contributed by atoms with Crippen LogP contribution in [-0.4, -0.2) is 49.8 Å². The fraction of sp³-hybridized carbons (Fsp3) is 0.458. The molecule has 154 valence electrons. The molecule has 0 bridgehead atoms. The van der Waals surface area contributed by atoms with Gasteiger partial charge in [0.25, 0.3) is 0 Å². The van der Waals surface area contributed by atoms with Crippen LogP contribution in [0.2, 0.25) is 0 Å². The van der Waals surface area contributed by atoms with Crippen molar-refractivity contribution in [1.82, 2.24) is 4.90 Å². The van der Waals surface area contributed by atoms with Crippen molar-refractivity contribution in [3.05, 3.63) is 59.7 Å². The fourth-order valence-electron chi connectivity index (χ4n) is 4.37. The van der Waals surface area contributed by atoms with E-state index in [0.29, 0.717) is 6.04 Å². The molecule has 2 saturated heterocycles. The Labute approximate surface area is 173 Å². The van der Waals surface area contributed by atoms with Crippen LogP contribution in [0.1, 0.15) is 30.4 Å². The monoisotopic (exact) mass is 393 g/mol. The van der Waals surface area contributed by atoms with Crippen LogP contribution in [0.3, 0.4) is 0 Å². The molecule has 1 N–H and O–H groups in total. The van der Waals surface area contributed by atoms with Crippen LogP contribution in [-0.2, 0) is 11.2 Å².